The summed E-state index contributed by atoms with van der Waals surface area (Å²) in [5.74, 6) is 2.92. The van der Waals surface area contributed by atoms with E-state index in [1.54, 1.807) is 0 Å². The van der Waals surface area contributed by atoms with Crippen molar-refractivity contribution in [3.8, 4) is 0 Å². The van der Waals surface area contributed by atoms with E-state index >= 15 is 0 Å². The third kappa shape index (κ3) is 4.06. The zero-order valence-electron chi connectivity index (χ0n) is 14.7. The van der Waals surface area contributed by atoms with Gasteiger partial charge < -0.3 is 15.0 Å². The number of rotatable bonds is 7. The van der Waals surface area contributed by atoms with E-state index in [4.69, 9.17) is 9.72 Å². The number of aromatic nitrogens is 2. The van der Waals surface area contributed by atoms with E-state index in [2.05, 4.69) is 29.2 Å². The molecule has 2 aliphatic rings. The van der Waals surface area contributed by atoms with Crippen LogP contribution in [0.1, 0.15) is 38.3 Å². The second-order valence-corrected chi connectivity index (χ2v) is 8.15. The fourth-order valence-electron chi connectivity index (χ4n) is 3.23. The number of ether oxygens (including phenoxy) is 1. The second kappa shape index (κ2) is 8.25. The van der Waals surface area contributed by atoms with Crippen LogP contribution in [0.5, 0.6) is 0 Å². The van der Waals surface area contributed by atoms with Crippen molar-refractivity contribution in [2.75, 3.05) is 49.3 Å². The van der Waals surface area contributed by atoms with Crippen molar-refractivity contribution >= 4 is 22.6 Å². The summed E-state index contributed by atoms with van der Waals surface area (Å²) in [7, 11) is 1.09. The van der Waals surface area contributed by atoms with Gasteiger partial charge in [-0.2, -0.15) is 4.98 Å². The highest BCUT2D eigenvalue weighted by atomic mass is 32.2. The molecule has 24 heavy (non-hydrogen) atoms. The number of aryl methyl sites for hydroxylation is 1. The lowest BCUT2D eigenvalue weighted by Crippen LogP contribution is -2.26. The minimum Gasteiger partial charge on any atom is -0.381 e. The van der Waals surface area contributed by atoms with E-state index in [0.29, 0.717) is 5.75 Å². The van der Waals surface area contributed by atoms with E-state index in [9.17, 15) is 4.21 Å². The molecule has 1 aromatic rings. The molecule has 3 rings (SSSR count). The molecule has 3 heterocycles. The summed E-state index contributed by atoms with van der Waals surface area (Å²) in [6, 6.07) is 0. The number of nitrogens with zero attached hydrogens (tertiary/aromatic N) is 3. The third-order valence-electron chi connectivity index (χ3n) is 4.77. The van der Waals surface area contributed by atoms with Crippen molar-refractivity contribution < 1.29 is 8.95 Å². The fourth-order valence-corrected chi connectivity index (χ4v) is 4.56. The first-order valence-electron chi connectivity index (χ1n) is 9.01. The number of anilines is 2. The molecular weight excluding hydrogens is 324 g/mol. The number of nitrogens with one attached hydrogen (secondary N) is 1. The summed E-state index contributed by atoms with van der Waals surface area (Å²) in [5.41, 5.74) is 0.954. The van der Waals surface area contributed by atoms with E-state index in [1.165, 1.54) is 0 Å². The molecule has 1 aromatic heterocycles. The summed E-state index contributed by atoms with van der Waals surface area (Å²) in [6.45, 7) is 5.68. The fraction of sp³-hybridized carbons (Fsp3) is 0.765. The average molecular weight is 353 g/mol. The molecule has 134 valence electrons. The highest BCUT2D eigenvalue weighted by molar-refractivity contribution is 7.85. The summed E-state index contributed by atoms with van der Waals surface area (Å²) in [6.07, 6.45) is 5.25. The van der Waals surface area contributed by atoms with Crippen LogP contribution in [0.25, 0.3) is 0 Å². The Morgan fingerprint density at radius 2 is 2.12 bits per heavy atom. The highest BCUT2D eigenvalue weighted by Gasteiger charge is 2.26. The Hall–Kier alpha value is -1.21. The molecule has 1 fully saturated rings. The van der Waals surface area contributed by atoms with Crippen molar-refractivity contribution in [3.05, 3.63) is 5.69 Å². The number of fused-ring (bicyclic) bond motifs is 1. The van der Waals surface area contributed by atoms with Crippen LogP contribution in [0.3, 0.4) is 0 Å². The molecule has 0 radical (unpaired) electrons. The molecule has 2 aliphatic heterocycles. The summed E-state index contributed by atoms with van der Waals surface area (Å²) in [4.78, 5) is 12.3. The van der Waals surface area contributed by atoms with Crippen molar-refractivity contribution in [1.82, 2.24) is 9.97 Å². The van der Waals surface area contributed by atoms with Crippen LogP contribution in [0.2, 0.25) is 0 Å². The topological polar surface area (TPSA) is 67.3 Å². The maximum atomic E-state index is 12.2. The number of hydrogen-bond donors (Lipinski definition) is 1. The van der Waals surface area contributed by atoms with E-state index in [0.717, 1.165) is 86.7 Å². The molecule has 1 atom stereocenters. The largest absolute Gasteiger partial charge is 0.381 e. The summed E-state index contributed by atoms with van der Waals surface area (Å²) in [5, 5.41) is 3.34. The van der Waals surface area contributed by atoms with Gasteiger partial charge in [0.15, 0.2) is 0 Å². The quantitative estimate of drug-likeness (QED) is 0.811. The van der Waals surface area contributed by atoms with E-state index in [-0.39, 0.29) is 0 Å². The Morgan fingerprint density at radius 3 is 2.88 bits per heavy atom. The van der Waals surface area contributed by atoms with Gasteiger partial charge in [-0.15, -0.1) is 0 Å². The Balaban J connectivity index is 1.71. The van der Waals surface area contributed by atoms with Crippen LogP contribution >= 0.6 is 0 Å². The van der Waals surface area contributed by atoms with Crippen LogP contribution < -0.4 is 10.2 Å². The van der Waals surface area contributed by atoms with Crippen LogP contribution in [0.4, 0.5) is 11.8 Å². The van der Waals surface area contributed by atoms with Gasteiger partial charge in [0.05, 0.1) is 16.5 Å². The standard InChI is InChI=1S/C17H28N4O2S/c1-3-8-18-16-15-14(7-12-24(15)22)19-17(20-16)21(2)9-4-13-5-10-23-11-6-13/h13H,3-12H2,1-2H3,(H,18,19,20). The Labute approximate surface area is 146 Å². The Morgan fingerprint density at radius 1 is 1.33 bits per heavy atom. The zero-order valence-corrected chi connectivity index (χ0v) is 15.5. The van der Waals surface area contributed by atoms with Gasteiger partial charge >= 0.3 is 0 Å². The van der Waals surface area contributed by atoms with Crippen molar-refractivity contribution in [1.29, 1.82) is 0 Å². The van der Waals surface area contributed by atoms with E-state index < -0.39 is 10.8 Å². The maximum Gasteiger partial charge on any atom is 0.227 e. The second-order valence-electron chi connectivity index (χ2n) is 6.64. The lowest BCUT2D eigenvalue weighted by Gasteiger charge is -2.25. The lowest BCUT2D eigenvalue weighted by molar-refractivity contribution is 0.0645. The average Bonchev–Trinajstić information content (AvgIpc) is 2.99. The van der Waals surface area contributed by atoms with Gasteiger partial charge in [0.1, 0.15) is 10.7 Å². The van der Waals surface area contributed by atoms with Crippen LogP contribution in [0.15, 0.2) is 4.90 Å². The first-order valence-corrected chi connectivity index (χ1v) is 10.3. The van der Waals surface area contributed by atoms with Crippen molar-refractivity contribution in [2.45, 2.75) is 43.9 Å². The predicted molar refractivity (Wildman–Crippen MR) is 97.2 cm³/mol. The first kappa shape index (κ1) is 17.6. The van der Waals surface area contributed by atoms with Crippen molar-refractivity contribution in [2.24, 2.45) is 5.92 Å². The molecule has 6 nitrogen and oxygen atoms in total. The smallest absolute Gasteiger partial charge is 0.227 e. The van der Waals surface area contributed by atoms with Crippen LogP contribution in [0, 0.1) is 5.92 Å². The first-order chi connectivity index (χ1) is 11.7. The van der Waals surface area contributed by atoms with Gasteiger partial charge in [0.25, 0.3) is 0 Å². The van der Waals surface area contributed by atoms with Crippen LogP contribution in [-0.4, -0.2) is 53.3 Å². The minimum absolute atomic E-state index is 0.667. The van der Waals surface area contributed by atoms with Crippen LogP contribution in [-0.2, 0) is 22.0 Å². The van der Waals surface area contributed by atoms with Gasteiger partial charge in [0.2, 0.25) is 5.95 Å². The molecule has 7 heteroatoms. The monoisotopic (exact) mass is 352 g/mol. The lowest BCUT2D eigenvalue weighted by atomic mass is 9.96. The maximum absolute atomic E-state index is 12.2. The summed E-state index contributed by atoms with van der Waals surface area (Å²) < 4.78 is 17.7. The van der Waals surface area contributed by atoms with Gasteiger partial charge in [-0.25, -0.2) is 4.98 Å². The minimum atomic E-state index is -0.962. The third-order valence-corrected chi connectivity index (χ3v) is 6.23. The molecule has 0 aromatic carbocycles. The summed E-state index contributed by atoms with van der Waals surface area (Å²) >= 11 is 0. The molecule has 1 N–H and O–H groups in total. The van der Waals surface area contributed by atoms with Crippen molar-refractivity contribution in [3.63, 3.8) is 0 Å². The molecule has 1 unspecified atom stereocenters. The molecule has 0 amide bonds. The van der Waals surface area contributed by atoms with Gasteiger partial charge in [0, 0.05) is 45.5 Å². The molecule has 0 aliphatic carbocycles. The highest BCUT2D eigenvalue weighted by Crippen LogP contribution is 2.30. The number of hydrogen-bond acceptors (Lipinski definition) is 6. The predicted octanol–water partition coefficient (Wildman–Crippen LogP) is 2.22. The van der Waals surface area contributed by atoms with Gasteiger partial charge in [-0.05, 0) is 31.6 Å². The Bertz CT molecular complexity index is 590. The molecular formula is C17H28N4O2S. The molecule has 0 bridgehead atoms. The SMILES string of the molecule is CCCNc1nc(N(C)CCC2CCOCC2)nc2c1S(=O)CC2. The molecule has 0 spiro atoms. The van der Waals surface area contributed by atoms with E-state index in [1.807, 2.05) is 0 Å². The zero-order chi connectivity index (χ0) is 16.9. The van der Waals surface area contributed by atoms with Gasteiger partial charge in [-0.1, -0.05) is 6.92 Å². The van der Waals surface area contributed by atoms with Gasteiger partial charge in [-0.3, -0.25) is 4.21 Å². The Kier molecular flexibility index (Phi) is 6.05. The normalized spacial score (nSPS) is 20.8. The molecule has 0 saturated carbocycles. The molecule has 1 saturated heterocycles.